The number of carbonyl (C=O) groups excluding carboxylic acids is 1. The predicted molar refractivity (Wildman–Crippen MR) is 160 cm³/mol. The molecule has 1 aliphatic heterocycles. The highest BCUT2D eigenvalue weighted by atomic mass is 32.2. The Balaban J connectivity index is 1.30. The number of aromatic nitrogens is 2. The van der Waals surface area contributed by atoms with E-state index in [-0.39, 0.29) is 23.8 Å². The lowest BCUT2D eigenvalue weighted by molar-refractivity contribution is -0.137. The second-order valence-corrected chi connectivity index (χ2v) is 14.0. The van der Waals surface area contributed by atoms with Crippen LogP contribution in [0, 0.1) is 5.92 Å². The van der Waals surface area contributed by atoms with Crippen LogP contribution in [0.15, 0.2) is 41.3 Å². The van der Waals surface area contributed by atoms with Crippen molar-refractivity contribution >= 4 is 48.7 Å². The molecular formula is C29H37N5O6S2. The summed E-state index contributed by atoms with van der Waals surface area (Å²) >= 11 is 1.24. The first-order chi connectivity index (χ1) is 20.2. The van der Waals surface area contributed by atoms with E-state index in [9.17, 15) is 18.0 Å². The molecule has 1 saturated carbocycles. The van der Waals surface area contributed by atoms with E-state index in [0.717, 1.165) is 31.2 Å². The van der Waals surface area contributed by atoms with Crippen LogP contribution in [0.2, 0.25) is 0 Å². The van der Waals surface area contributed by atoms with Crippen molar-refractivity contribution in [1.82, 2.24) is 19.2 Å². The Morgan fingerprint density at radius 3 is 2.48 bits per heavy atom. The Bertz CT molecular complexity index is 1500. The average molecular weight is 616 g/mol. The van der Waals surface area contributed by atoms with Gasteiger partial charge in [0.05, 0.1) is 17.4 Å². The number of likely N-dealkylation sites (N-methyl/N-ethyl adjacent to an activating group) is 1. The van der Waals surface area contributed by atoms with Crippen LogP contribution in [0.3, 0.4) is 0 Å². The minimum absolute atomic E-state index is 0.0236. The smallest absolute Gasteiger partial charge is 0.303 e. The van der Waals surface area contributed by atoms with E-state index >= 15 is 0 Å². The number of hydrogen-bond acceptors (Lipinski definition) is 9. The Morgan fingerprint density at radius 2 is 1.79 bits per heavy atom. The molecule has 2 aliphatic rings. The van der Waals surface area contributed by atoms with Crippen molar-refractivity contribution in [3.8, 4) is 5.88 Å². The molecule has 3 heterocycles. The highest BCUT2D eigenvalue weighted by molar-refractivity contribution is 7.89. The molecule has 0 spiro atoms. The molecule has 1 unspecified atom stereocenters. The number of amides is 1. The highest BCUT2D eigenvalue weighted by Gasteiger charge is 2.30. The van der Waals surface area contributed by atoms with Crippen molar-refractivity contribution in [2.75, 3.05) is 45.2 Å². The summed E-state index contributed by atoms with van der Waals surface area (Å²) in [5, 5.41) is 12.2. The summed E-state index contributed by atoms with van der Waals surface area (Å²) in [4.78, 5) is 36.3. The van der Waals surface area contributed by atoms with E-state index in [1.165, 1.54) is 15.6 Å². The first-order valence-electron chi connectivity index (χ1n) is 14.4. The number of ether oxygens (including phenoxy) is 1. The van der Waals surface area contributed by atoms with Crippen molar-refractivity contribution in [3.05, 3.63) is 42.0 Å². The van der Waals surface area contributed by atoms with Crippen molar-refractivity contribution in [3.63, 3.8) is 0 Å². The van der Waals surface area contributed by atoms with Crippen LogP contribution in [0.5, 0.6) is 5.88 Å². The fraction of sp³-hybridized carbons (Fsp3) is 0.517. The molecule has 1 aliphatic carbocycles. The molecule has 3 aromatic rings. The van der Waals surface area contributed by atoms with E-state index in [2.05, 4.69) is 20.2 Å². The fourth-order valence-electron chi connectivity index (χ4n) is 5.55. The van der Waals surface area contributed by atoms with Crippen molar-refractivity contribution in [1.29, 1.82) is 0 Å². The molecule has 1 saturated heterocycles. The third-order valence-corrected chi connectivity index (χ3v) is 10.8. The molecular weight excluding hydrogens is 578 g/mol. The van der Waals surface area contributed by atoms with Gasteiger partial charge in [0.1, 0.15) is 10.3 Å². The number of carboxylic acids is 1. The van der Waals surface area contributed by atoms with Gasteiger partial charge in [0.2, 0.25) is 21.8 Å². The maximum absolute atomic E-state index is 13.7. The van der Waals surface area contributed by atoms with Crippen LogP contribution in [0.1, 0.15) is 56.4 Å². The van der Waals surface area contributed by atoms with Crippen LogP contribution < -0.4 is 10.1 Å². The zero-order valence-corrected chi connectivity index (χ0v) is 25.3. The summed E-state index contributed by atoms with van der Waals surface area (Å²) in [6.45, 7) is 2.56. The summed E-state index contributed by atoms with van der Waals surface area (Å²) in [5.74, 6) is -0.683. The monoisotopic (exact) mass is 615 g/mol. The van der Waals surface area contributed by atoms with Gasteiger partial charge in [-0.1, -0.05) is 49.2 Å². The van der Waals surface area contributed by atoms with Crippen LogP contribution in [0.25, 0.3) is 10.3 Å². The Morgan fingerprint density at radius 1 is 1.07 bits per heavy atom. The maximum atomic E-state index is 13.7. The van der Waals surface area contributed by atoms with Gasteiger partial charge >= 0.3 is 5.97 Å². The van der Waals surface area contributed by atoms with Crippen molar-refractivity contribution < 1.29 is 27.9 Å². The number of sulfonamides is 1. The lowest BCUT2D eigenvalue weighted by Gasteiger charge is -2.31. The third-order valence-electron chi connectivity index (χ3n) is 7.99. The fourth-order valence-corrected chi connectivity index (χ4v) is 7.80. The summed E-state index contributed by atoms with van der Waals surface area (Å²) < 4.78 is 33.5. The normalized spacial score (nSPS) is 17.8. The van der Waals surface area contributed by atoms with Gasteiger partial charge < -0.3 is 20.1 Å². The highest BCUT2D eigenvalue weighted by Crippen LogP contribution is 2.36. The average Bonchev–Trinajstić information content (AvgIpc) is 3.63. The van der Waals surface area contributed by atoms with E-state index in [1.807, 2.05) is 7.05 Å². The summed E-state index contributed by atoms with van der Waals surface area (Å²) in [6, 6.07) is 10.2. The van der Waals surface area contributed by atoms with Gasteiger partial charge in [-0.05, 0) is 49.6 Å². The number of benzene rings is 1. The summed E-state index contributed by atoms with van der Waals surface area (Å²) in [6.07, 6.45) is 5.57. The molecule has 1 aromatic carbocycles. The maximum Gasteiger partial charge on any atom is 0.303 e. The topological polar surface area (TPSA) is 142 Å². The number of anilines is 1. The second-order valence-electron chi connectivity index (χ2n) is 11.0. The number of nitrogens with zero attached hydrogens (tertiary/aromatic N) is 4. The minimum atomic E-state index is -3.59. The van der Waals surface area contributed by atoms with E-state index < -0.39 is 21.9 Å². The molecule has 226 valence electrons. The van der Waals surface area contributed by atoms with Crippen LogP contribution in [-0.4, -0.2) is 84.4 Å². The number of hydrogen-bond donors (Lipinski definition) is 2. The molecule has 11 nitrogen and oxygen atoms in total. The molecule has 42 heavy (non-hydrogen) atoms. The van der Waals surface area contributed by atoms with Crippen LogP contribution in [-0.2, 0) is 19.6 Å². The van der Waals surface area contributed by atoms with Gasteiger partial charge in [-0.15, -0.1) is 0 Å². The van der Waals surface area contributed by atoms with Gasteiger partial charge in [0.25, 0.3) is 0 Å². The Labute approximate surface area is 250 Å². The summed E-state index contributed by atoms with van der Waals surface area (Å²) in [7, 11) is -1.61. The molecule has 0 radical (unpaired) electrons. The third kappa shape index (κ3) is 7.44. The SMILES string of the molecule is CN1CCN(S(=O)(=O)c2ccc(C(CC3CCCC3)C(=O)Nc3nc4ccc(OCCCC(=O)O)nc4s3)cc2)CC1. The molecule has 1 amide bonds. The number of carbonyl (C=O) groups is 2. The van der Waals surface area contributed by atoms with Crippen LogP contribution >= 0.6 is 11.3 Å². The van der Waals surface area contributed by atoms with Crippen molar-refractivity contribution in [2.45, 2.75) is 55.8 Å². The number of nitrogens with one attached hydrogen (secondary N) is 1. The van der Waals surface area contributed by atoms with Gasteiger partial charge in [-0.2, -0.15) is 4.31 Å². The first kappa shape index (κ1) is 30.3. The summed E-state index contributed by atoms with van der Waals surface area (Å²) in [5.41, 5.74) is 1.41. The number of carboxylic acid groups (broad SMARTS) is 1. The zero-order valence-electron chi connectivity index (χ0n) is 23.7. The number of fused-ring (bicyclic) bond motifs is 1. The Kier molecular flexibility index (Phi) is 9.71. The lowest BCUT2D eigenvalue weighted by atomic mass is 9.87. The standard InChI is InChI=1S/C29H37N5O6S2/c1-33-14-16-34(17-15-33)42(38,39)22-10-8-21(9-11-22)23(19-20-5-2-3-6-20)27(37)32-29-30-24-12-13-25(31-28(24)41-29)40-18-4-7-26(35)36/h8-13,20,23H,2-7,14-19H2,1H3,(H,35,36)(H,30,32,37). The number of aliphatic carboxylic acids is 1. The molecule has 2 fully saturated rings. The van der Waals surface area contributed by atoms with Gasteiger partial charge in [0, 0.05) is 38.7 Å². The molecule has 1 atom stereocenters. The van der Waals surface area contributed by atoms with E-state index in [0.29, 0.717) is 66.3 Å². The van der Waals surface area contributed by atoms with Crippen molar-refractivity contribution in [2.24, 2.45) is 5.92 Å². The van der Waals surface area contributed by atoms with E-state index in [1.54, 1.807) is 36.4 Å². The molecule has 5 rings (SSSR count). The number of pyridine rings is 1. The number of thiazole rings is 1. The van der Waals surface area contributed by atoms with Gasteiger partial charge in [-0.25, -0.2) is 18.4 Å². The zero-order chi connectivity index (χ0) is 29.7. The molecule has 2 aromatic heterocycles. The molecule has 13 heteroatoms. The second kappa shape index (κ2) is 13.4. The van der Waals surface area contributed by atoms with Gasteiger partial charge in [-0.3, -0.25) is 9.59 Å². The van der Waals surface area contributed by atoms with Crippen LogP contribution in [0.4, 0.5) is 5.13 Å². The first-order valence-corrected chi connectivity index (χ1v) is 16.7. The lowest BCUT2D eigenvalue weighted by Crippen LogP contribution is -2.47. The Hall–Kier alpha value is -3.13. The quantitative estimate of drug-likeness (QED) is 0.287. The largest absolute Gasteiger partial charge is 0.481 e. The van der Waals surface area contributed by atoms with E-state index in [4.69, 9.17) is 9.84 Å². The predicted octanol–water partition coefficient (Wildman–Crippen LogP) is 4.17. The minimum Gasteiger partial charge on any atom is -0.481 e. The molecule has 0 bridgehead atoms. The molecule has 2 N–H and O–H groups in total. The number of rotatable bonds is 12. The van der Waals surface area contributed by atoms with Gasteiger partial charge in [0.15, 0.2) is 5.13 Å². The number of piperazine rings is 1.